The van der Waals surface area contributed by atoms with Gasteiger partial charge >= 0.3 is 0 Å². The first-order valence-electron chi connectivity index (χ1n) is 7.86. The van der Waals surface area contributed by atoms with Gasteiger partial charge in [-0.05, 0) is 26.6 Å². The number of nitrogens with zero attached hydrogens (tertiary/aromatic N) is 5. The first-order valence-corrected chi connectivity index (χ1v) is 7.86. The van der Waals surface area contributed by atoms with Gasteiger partial charge in [-0.1, -0.05) is 0 Å². The fourth-order valence-electron chi connectivity index (χ4n) is 2.93. The van der Waals surface area contributed by atoms with Crippen LogP contribution in [0.1, 0.15) is 12.6 Å². The van der Waals surface area contributed by atoms with Crippen molar-refractivity contribution in [1.29, 1.82) is 0 Å². The molecule has 0 aliphatic carbocycles. The van der Waals surface area contributed by atoms with Gasteiger partial charge in [-0.2, -0.15) is 0 Å². The molecule has 0 saturated carbocycles. The molecular formula is C14H27N7O5. The van der Waals surface area contributed by atoms with E-state index in [2.05, 4.69) is 15.0 Å². The molecule has 1 aliphatic heterocycles. The Morgan fingerprint density at radius 2 is 1.96 bits per heavy atom. The van der Waals surface area contributed by atoms with E-state index in [9.17, 15) is 10.2 Å². The predicted octanol–water partition coefficient (Wildman–Crippen LogP) is -3.34. The number of hydrogen-bond acceptors (Lipinski definition) is 9. The van der Waals surface area contributed by atoms with Crippen molar-refractivity contribution in [3.63, 3.8) is 0 Å². The van der Waals surface area contributed by atoms with E-state index in [4.69, 9.17) is 16.2 Å². The smallest absolute Gasteiger partial charge is 0.167 e. The first-order chi connectivity index (χ1) is 11.5. The molecule has 0 amide bonds. The van der Waals surface area contributed by atoms with Gasteiger partial charge in [0.05, 0.1) is 6.33 Å². The molecule has 2 aromatic heterocycles. The van der Waals surface area contributed by atoms with Gasteiger partial charge in [-0.15, -0.1) is 0 Å². The zero-order valence-corrected chi connectivity index (χ0v) is 14.5. The van der Waals surface area contributed by atoms with Gasteiger partial charge in [-0.25, -0.2) is 15.0 Å². The lowest BCUT2D eigenvalue weighted by molar-refractivity contribution is -0.0421. The average Bonchev–Trinajstić information content (AvgIpc) is 3.10. The third kappa shape index (κ3) is 4.07. The van der Waals surface area contributed by atoms with Gasteiger partial charge in [0.15, 0.2) is 17.7 Å². The molecule has 0 spiro atoms. The van der Waals surface area contributed by atoms with Crippen LogP contribution < -0.4 is 11.5 Å². The van der Waals surface area contributed by atoms with E-state index in [1.807, 2.05) is 11.9 Å². The molecule has 12 heteroatoms. The summed E-state index contributed by atoms with van der Waals surface area (Å²) in [5.74, 6) is 0.254. The SMILES string of the molecule is CN(CCCN)C[C@H]1O[C@@H](n2cnc3c(N)ncnc32)[C@H](O)[C@@H]1O.O.O. The van der Waals surface area contributed by atoms with Crippen molar-refractivity contribution in [2.75, 3.05) is 32.4 Å². The Bertz CT molecular complexity index is 699. The molecule has 1 aliphatic rings. The van der Waals surface area contributed by atoms with Crippen molar-refractivity contribution < 1.29 is 25.9 Å². The third-order valence-electron chi connectivity index (χ3n) is 4.23. The maximum absolute atomic E-state index is 10.4. The van der Waals surface area contributed by atoms with Gasteiger partial charge in [0.1, 0.15) is 30.2 Å². The topological polar surface area (TPSA) is 212 Å². The Kier molecular flexibility index (Phi) is 7.77. The number of aromatic nitrogens is 4. The van der Waals surface area contributed by atoms with Crippen LogP contribution in [-0.2, 0) is 4.74 Å². The number of aliphatic hydroxyl groups excluding tert-OH is 2. The van der Waals surface area contributed by atoms with Gasteiger partial charge < -0.3 is 42.3 Å². The number of fused-ring (bicyclic) bond motifs is 1. The lowest BCUT2D eigenvalue weighted by Crippen LogP contribution is -2.39. The number of anilines is 1. The monoisotopic (exact) mass is 373 g/mol. The van der Waals surface area contributed by atoms with Crippen LogP contribution in [0.4, 0.5) is 5.82 Å². The minimum absolute atomic E-state index is 0. The highest BCUT2D eigenvalue weighted by Gasteiger charge is 2.44. The maximum Gasteiger partial charge on any atom is 0.167 e. The van der Waals surface area contributed by atoms with Crippen molar-refractivity contribution in [2.45, 2.75) is 31.0 Å². The Hall–Kier alpha value is -1.93. The number of nitrogen functional groups attached to an aromatic ring is 1. The number of imidazole rings is 1. The summed E-state index contributed by atoms with van der Waals surface area (Å²) in [4.78, 5) is 14.2. The molecule has 0 bridgehead atoms. The molecule has 2 aromatic rings. The van der Waals surface area contributed by atoms with Crippen molar-refractivity contribution in [3.8, 4) is 0 Å². The number of aliphatic hydroxyl groups is 2. The molecular weight excluding hydrogens is 346 g/mol. The summed E-state index contributed by atoms with van der Waals surface area (Å²) < 4.78 is 7.45. The highest BCUT2D eigenvalue weighted by Crippen LogP contribution is 2.32. The van der Waals surface area contributed by atoms with E-state index in [0.29, 0.717) is 24.3 Å². The molecule has 10 N–H and O–H groups in total. The Balaban J connectivity index is 0.00000169. The number of rotatable bonds is 6. The van der Waals surface area contributed by atoms with Crippen molar-refractivity contribution in [3.05, 3.63) is 12.7 Å². The normalized spacial score (nSPS) is 25.3. The van der Waals surface area contributed by atoms with Crippen LogP contribution in [0.25, 0.3) is 11.2 Å². The van der Waals surface area contributed by atoms with E-state index in [1.165, 1.54) is 12.7 Å². The first kappa shape index (κ1) is 22.1. The van der Waals surface area contributed by atoms with Gasteiger partial charge in [0.2, 0.25) is 0 Å². The zero-order valence-electron chi connectivity index (χ0n) is 14.5. The average molecular weight is 373 g/mol. The summed E-state index contributed by atoms with van der Waals surface area (Å²) in [6, 6.07) is 0. The number of nitrogens with two attached hydrogens (primary N) is 2. The summed E-state index contributed by atoms with van der Waals surface area (Å²) in [7, 11) is 1.92. The highest BCUT2D eigenvalue weighted by molar-refractivity contribution is 5.81. The van der Waals surface area contributed by atoms with Crippen LogP contribution in [0.15, 0.2) is 12.7 Å². The van der Waals surface area contributed by atoms with Crippen LogP contribution in [0.2, 0.25) is 0 Å². The molecule has 148 valence electrons. The van der Waals surface area contributed by atoms with Crippen LogP contribution in [0, 0.1) is 0 Å². The molecule has 12 nitrogen and oxygen atoms in total. The summed E-state index contributed by atoms with van der Waals surface area (Å²) in [6.45, 7) is 1.88. The largest absolute Gasteiger partial charge is 0.412 e. The van der Waals surface area contributed by atoms with E-state index in [0.717, 1.165) is 13.0 Å². The van der Waals surface area contributed by atoms with E-state index in [1.54, 1.807) is 4.57 Å². The fourth-order valence-corrected chi connectivity index (χ4v) is 2.93. The minimum atomic E-state index is -1.09. The predicted molar refractivity (Wildman–Crippen MR) is 94.1 cm³/mol. The molecule has 1 fully saturated rings. The summed E-state index contributed by atoms with van der Waals surface area (Å²) in [6.07, 6.45) is 0.256. The third-order valence-corrected chi connectivity index (χ3v) is 4.23. The van der Waals surface area contributed by atoms with Crippen LogP contribution in [-0.4, -0.2) is 90.6 Å². The second-order valence-electron chi connectivity index (χ2n) is 6.03. The minimum Gasteiger partial charge on any atom is -0.412 e. The Morgan fingerprint density at radius 1 is 1.23 bits per heavy atom. The van der Waals surface area contributed by atoms with Gasteiger partial charge in [0, 0.05) is 6.54 Å². The highest BCUT2D eigenvalue weighted by atomic mass is 16.6. The molecule has 3 heterocycles. The van der Waals surface area contributed by atoms with E-state index < -0.39 is 24.5 Å². The van der Waals surface area contributed by atoms with Crippen LogP contribution >= 0.6 is 0 Å². The molecule has 0 radical (unpaired) electrons. The zero-order chi connectivity index (χ0) is 17.3. The van der Waals surface area contributed by atoms with Crippen molar-refractivity contribution in [1.82, 2.24) is 24.4 Å². The van der Waals surface area contributed by atoms with Crippen molar-refractivity contribution in [2.24, 2.45) is 5.73 Å². The second kappa shape index (κ2) is 9.14. The van der Waals surface area contributed by atoms with Gasteiger partial charge in [-0.3, -0.25) is 4.57 Å². The van der Waals surface area contributed by atoms with Crippen LogP contribution in [0.3, 0.4) is 0 Å². The molecule has 0 aromatic carbocycles. The molecule has 3 rings (SSSR count). The summed E-state index contributed by atoms with van der Waals surface area (Å²) in [5.41, 5.74) is 12.2. The molecule has 1 saturated heterocycles. The lowest BCUT2D eigenvalue weighted by atomic mass is 10.1. The maximum atomic E-state index is 10.4. The number of likely N-dealkylation sites (N-methyl/N-ethyl adjacent to an activating group) is 1. The molecule has 26 heavy (non-hydrogen) atoms. The number of ether oxygens (including phenoxy) is 1. The standard InChI is InChI=1S/C14H23N7O3.2H2O/c1-20(4-2-3-15)5-8-10(22)11(23)14(24-8)21-7-19-9-12(16)17-6-18-13(9)21;;/h6-8,10-11,14,22-23H,2-5,15H2,1H3,(H2,16,17,18);2*1H2/t8-,10-,11-,14-;;/m1../s1. The summed E-state index contributed by atoms with van der Waals surface area (Å²) >= 11 is 0. The van der Waals surface area contributed by atoms with Gasteiger partial charge in [0.25, 0.3) is 0 Å². The Morgan fingerprint density at radius 3 is 2.65 bits per heavy atom. The van der Waals surface area contributed by atoms with E-state index >= 15 is 0 Å². The summed E-state index contributed by atoms with van der Waals surface area (Å²) in [5, 5.41) is 20.7. The lowest BCUT2D eigenvalue weighted by Gasteiger charge is -2.22. The second-order valence-corrected chi connectivity index (χ2v) is 6.03. The van der Waals surface area contributed by atoms with Crippen LogP contribution in [0.5, 0.6) is 0 Å². The molecule has 4 atom stereocenters. The van der Waals surface area contributed by atoms with E-state index in [-0.39, 0.29) is 16.8 Å². The van der Waals surface area contributed by atoms with Crippen molar-refractivity contribution >= 4 is 17.0 Å². The fraction of sp³-hybridized carbons (Fsp3) is 0.643. The quantitative estimate of drug-likeness (QED) is 0.398. The molecule has 0 unspecified atom stereocenters. The number of hydrogen-bond donors (Lipinski definition) is 4. The Labute approximate surface area is 150 Å².